The molecule has 0 atom stereocenters. The van der Waals surface area contributed by atoms with Gasteiger partial charge in [0, 0.05) is 17.1 Å². The van der Waals surface area contributed by atoms with Crippen LogP contribution in [0.25, 0.3) is 5.69 Å². The van der Waals surface area contributed by atoms with Gasteiger partial charge in [-0.25, -0.2) is 0 Å². The third-order valence-corrected chi connectivity index (χ3v) is 6.68. The van der Waals surface area contributed by atoms with Crippen molar-refractivity contribution >= 4 is 29.3 Å². The monoisotopic (exact) mass is 486 g/mol. The number of nitrogens with zero attached hydrogens (tertiary/aromatic N) is 3. The maximum absolute atomic E-state index is 12.5. The zero-order valence-electron chi connectivity index (χ0n) is 18.5. The minimum Gasteiger partial charge on any atom is -0.497 e. The van der Waals surface area contributed by atoms with Gasteiger partial charge < -0.3 is 14.8 Å². The lowest BCUT2D eigenvalue weighted by molar-refractivity contribution is -0.119. The molecule has 3 aromatic rings. The van der Waals surface area contributed by atoms with E-state index in [0.717, 1.165) is 24.3 Å². The molecule has 1 saturated carbocycles. The molecule has 0 radical (unpaired) electrons. The molecule has 7 nitrogen and oxygen atoms in total. The van der Waals surface area contributed by atoms with Crippen LogP contribution in [0, 0.1) is 0 Å². The second kappa shape index (κ2) is 11.4. The van der Waals surface area contributed by atoms with E-state index in [2.05, 4.69) is 15.5 Å². The molecule has 1 amide bonds. The Hall–Kier alpha value is -2.71. The Kier molecular flexibility index (Phi) is 8.12. The highest BCUT2D eigenvalue weighted by molar-refractivity contribution is 7.99. The number of hydrogen-bond acceptors (Lipinski definition) is 6. The van der Waals surface area contributed by atoms with E-state index in [0.29, 0.717) is 21.8 Å². The summed E-state index contributed by atoms with van der Waals surface area (Å²) in [4.78, 5) is 12.5. The van der Waals surface area contributed by atoms with Gasteiger partial charge in [-0.1, -0.05) is 48.7 Å². The number of amides is 1. The molecule has 33 heavy (non-hydrogen) atoms. The van der Waals surface area contributed by atoms with Crippen molar-refractivity contribution in [3.05, 3.63) is 59.4 Å². The van der Waals surface area contributed by atoms with Crippen molar-refractivity contribution in [1.82, 2.24) is 20.1 Å². The molecule has 174 valence electrons. The first-order valence-corrected chi connectivity index (χ1v) is 12.4. The summed E-state index contributed by atoms with van der Waals surface area (Å²) in [6.45, 7) is 0.209. The van der Waals surface area contributed by atoms with Crippen LogP contribution >= 0.6 is 23.4 Å². The number of nitrogens with one attached hydrogen (secondary N) is 1. The Labute approximate surface area is 202 Å². The van der Waals surface area contributed by atoms with Gasteiger partial charge >= 0.3 is 0 Å². The Morgan fingerprint density at radius 3 is 2.67 bits per heavy atom. The van der Waals surface area contributed by atoms with Crippen molar-refractivity contribution < 1.29 is 14.3 Å². The number of carbonyl (C=O) groups is 1. The number of carbonyl (C=O) groups excluding carboxylic acids is 1. The van der Waals surface area contributed by atoms with Crippen LogP contribution in [0.5, 0.6) is 11.5 Å². The first kappa shape index (κ1) is 23.4. The maximum atomic E-state index is 12.5. The van der Waals surface area contributed by atoms with Gasteiger partial charge in [0.15, 0.2) is 11.0 Å². The molecule has 1 fully saturated rings. The Morgan fingerprint density at radius 2 is 1.91 bits per heavy atom. The van der Waals surface area contributed by atoms with Crippen molar-refractivity contribution in [3.8, 4) is 17.2 Å². The summed E-state index contributed by atoms with van der Waals surface area (Å²) >= 11 is 7.32. The summed E-state index contributed by atoms with van der Waals surface area (Å²) in [6, 6.07) is 15.1. The predicted molar refractivity (Wildman–Crippen MR) is 129 cm³/mol. The van der Waals surface area contributed by atoms with Crippen molar-refractivity contribution in [3.63, 3.8) is 0 Å². The largest absolute Gasteiger partial charge is 0.497 e. The summed E-state index contributed by atoms with van der Waals surface area (Å²) in [5.41, 5.74) is 0.837. The molecule has 9 heteroatoms. The number of ether oxygens (including phenoxy) is 2. The van der Waals surface area contributed by atoms with Gasteiger partial charge in [0.2, 0.25) is 5.91 Å². The fourth-order valence-corrected chi connectivity index (χ4v) is 4.73. The maximum Gasteiger partial charge on any atom is 0.230 e. The van der Waals surface area contributed by atoms with Crippen molar-refractivity contribution in [2.45, 2.75) is 49.9 Å². The smallest absolute Gasteiger partial charge is 0.230 e. The van der Waals surface area contributed by atoms with Crippen molar-refractivity contribution in [2.24, 2.45) is 0 Å². The highest BCUT2D eigenvalue weighted by atomic mass is 35.5. The quantitative estimate of drug-likeness (QED) is 0.426. The van der Waals surface area contributed by atoms with Crippen LogP contribution in [0.4, 0.5) is 0 Å². The van der Waals surface area contributed by atoms with Crippen LogP contribution in [0.3, 0.4) is 0 Å². The zero-order valence-corrected chi connectivity index (χ0v) is 20.1. The predicted octanol–water partition coefficient (Wildman–Crippen LogP) is 5.05. The van der Waals surface area contributed by atoms with Crippen LogP contribution in [-0.2, 0) is 11.4 Å². The van der Waals surface area contributed by atoms with Crippen molar-refractivity contribution in [1.29, 1.82) is 0 Å². The summed E-state index contributed by atoms with van der Waals surface area (Å²) in [6.07, 6.45) is 5.73. The lowest BCUT2D eigenvalue weighted by Crippen LogP contribution is -2.37. The zero-order chi connectivity index (χ0) is 23.0. The molecular formula is C24H27ClN4O3S. The molecule has 1 aliphatic rings. The first-order chi connectivity index (χ1) is 16.1. The Balaban J connectivity index is 1.50. The number of hydrogen-bond donors (Lipinski definition) is 1. The normalized spacial score (nSPS) is 14.1. The highest BCUT2D eigenvalue weighted by Gasteiger charge is 2.19. The number of rotatable bonds is 9. The van der Waals surface area contributed by atoms with E-state index in [1.807, 2.05) is 28.8 Å². The SMILES string of the molecule is COc1cccc(-n2c(COc3ccc(Cl)cc3)nnc2SCC(=O)NC2CCCCC2)c1. The molecule has 0 unspecified atom stereocenters. The van der Waals surface area contributed by atoms with Crippen LogP contribution in [0.1, 0.15) is 37.9 Å². The van der Waals surface area contributed by atoms with Gasteiger partial charge in [-0.2, -0.15) is 0 Å². The van der Waals surface area contributed by atoms with Crippen LogP contribution in [0.15, 0.2) is 53.7 Å². The van der Waals surface area contributed by atoms with E-state index in [4.69, 9.17) is 21.1 Å². The van der Waals surface area contributed by atoms with Gasteiger partial charge in [0.05, 0.1) is 18.6 Å². The highest BCUT2D eigenvalue weighted by Crippen LogP contribution is 2.26. The number of aromatic nitrogens is 3. The standard InChI is InChI=1S/C24H27ClN4O3S/c1-31-21-9-5-8-19(14-21)29-22(15-32-20-12-10-17(25)11-13-20)27-28-24(29)33-16-23(30)26-18-6-3-2-4-7-18/h5,8-14,18H,2-4,6-7,15-16H2,1H3,(H,26,30). The topological polar surface area (TPSA) is 78.3 Å². The number of benzene rings is 2. The fourth-order valence-electron chi connectivity index (χ4n) is 3.82. The van der Waals surface area contributed by atoms with Crippen LogP contribution in [0.2, 0.25) is 5.02 Å². The summed E-state index contributed by atoms with van der Waals surface area (Å²) in [7, 11) is 1.63. The third kappa shape index (κ3) is 6.42. The van der Waals surface area contributed by atoms with Crippen LogP contribution in [-0.4, -0.2) is 39.6 Å². The van der Waals surface area contributed by atoms with Gasteiger partial charge in [-0.15, -0.1) is 10.2 Å². The van der Waals surface area contributed by atoms with Crippen molar-refractivity contribution in [2.75, 3.05) is 12.9 Å². The number of methoxy groups -OCH3 is 1. The Morgan fingerprint density at radius 1 is 1.12 bits per heavy atom. The van der Waals surface area contributed by atoms with E-state index in [1.165, 1.54) is 31.0 Å². The van der Waals surface area contributed by atoms with E-state index in [1.54, 1.807) is 31.4 Å². The van der Waals surface area contributed by atoms with Gasteiger partial charge in [0.1, 0.15) is 18.1 Å². The Bertz CT molecular complexity index is 1070. The lowest BCUT2D eigenvalue weighted by Gasteiger charge is -2.22. The molecule has 2 aromatic carbocycles. The van der Waals surface area contributed by atoms with Crippen LogP contribution < -0.4 is 14.8 Å². The molecule has 0 aliphatic heterocycles. The molecule has 1 N–H and O–H groups in total. The summed E-state index contributed by atoms with van der Waals surface area (Å²) in [5.74, 6) is 2.31. The van der Waals surface area contributed by atoms with E-state index in [-0.39, 0.29) is 24.3 Å². The van der Waals surface area contributed by atoms with E-state index in [9.17, 15) is 4.79 Å². The number of halogens is 1. The molecular weight excluding hydrogens is 460 g/mol. The molecule has 1 aliphatic carbocycles. The van der Waals surface area contributed by atoms with Gasteiger partial charge in [-0.05, 0) is 49.2 Å². The lowest BCUT2D eigenvalue weighted by atomic mass is 9.95. The third-order valence-electron chi connectivity index (χ3n) is 5.50. The minimum atomic E-state index is 0.0195. The second-order valence-corrected chi connectivity index (χ2v) is 9.25. The van der Waals surface area contributed by atoms with Gasteiger partial charge in [-0.3, -0.25) is 9.36 Å². The molecule has 1 heterocycles. The van der Waals surface area contributed by atoms with E-state index >= 15 is 0 Å². The minimum absolute atomic E-state index is 0.0195. The molecule has 0 saturated heterocycles. The second-order valence-electron chi connectivity index (χ2n) is 7.87. The number of thioether (sulfide) groups is 1. The average molecular weight is 487 g/mol. The summed E-state index contributed by atoms with van der Waals surface area (Å²) < 4.78 is 13.2. The van der Waals surface area contributed by atoms with E-state index < -0.39 is 0 Å². The molecule has 4 rings (SSSR count). The molecule has 0 bridgehead atoms. The molecule has 1 aromatic heterocycles. The summed E-state index contributed by atoms with van der Waals surface area (Å²) in [5, 5.41) is 13.1. The molecule has 0 spiro atoms. The first-order valence-electron chi connectivity index (χ1n) is 11.0. The van der Waals surface area contributed by atoms with Gasteiger partial charge in [0.25, 0.3) is 0 Å². The average Bonchev–Trinajstić information content (AvgIpc) is 3.26. The fraction of sp³-hybridized carbons (Fsp3) is 0.375.